The Morgan fingerprint density at radius 2 is 0.872 bits per heavy atom. The molecule has 0 aromatic heterocycles. The lowest BCUT2D eigenvalue weighted by Crippen LogP contribution is -2.31. The van der Waals surface area contributed by atoms with Crippen LogP contribution in [0.3, 0.4) is 0 Å². The first kappa shape index (κ1) is 26.5. The minimum atomic E-state index is -0.424. The predicted molar refractivity (Wildman–Crippen MR) is 195 cm³/mol. The maximum atomic E-state index is 2.54. The van der Waals surface area contributed by atoms with E-state index in [1.807, 2.05) is 0 Å². The van der Waals surface area contributed by atoms with Crippen molar-refractivity contribution < 1.29 is 0 Å². The quantitative estimate of drug-likeness (QED) is 0.191. The van der Waals surface area contributed by atoms with E-state index in [0.717, 1.165) is 0 Å². The molecule has 222 valence electrons. The van der Waals surface area contributed by atoms with E-state index in [9.17, 15) is 0 Å². The third-order valence-electron chi connectivity index (χ3n) is 11.1. The van der Waals surface area contributed by atoms with Crippen LogP contribution in [-0.2, 0) is 10.8 Å². The number of para-hydroxylation sites is 2. The van der Waals surface area contributed by atoms with Gasteiger partial charge in [-0.2, -0.15) is 0 Å². The van der Waals surface area contributed by atoms with Gasteiger partial charge in [0.1, 0.15) is 0 Å². The summed E-state index contributed by atoms with van der Waals surface area (Å²) in [7, 11) is 0. The molecule has 7 aromatic rings. The Bertz CT molecular complexity index is 2300. The molecular formula is C46H33N. The van der Waals surface area contributed by atoms with E-state index in [1.165, 1.54) is 83.8 Å². The fraction of sp³-hybridized carbons (Fsp3) is 0.0870. The second-order valence-electron chi connectivity index (χ2n) is 13.7. The molecule has 0 saturated heterocycles. The normalized spacial score (nSPS) is 15.3. The van der Waals surface area contributed by atoms with Crippen LogP contribution in [0.5, 0.6) is 0 Å². The predicted octanol–water partition coefficient (Wildman–Crippen LogP) is 11.8. The first-order chi connectivity index (χ1) is 23.1. The van der Waals surface area contributed by atoms with Crippen LogP contribution in [0.25, 0.3) is 33.4 Å². The van der Waals surface area contributed by atoms with Gasteiger partial charge in [-0.1, -0.05) is 153 Å². The molecule has 0 unspecified atom stereocenters. The van der Waals surface area contributed by atoms with Gasteiger partial charge in [-0.15, -0.1) is 0 Å². The molecule has 0 N–H and O–H groups in total. The Balaban J connectivity index is 1.34. The number of anilines is 3. The van der Waals surface area contributed by atoms with Gasteiger partial charge in [-0.25, -0.2) is 0 Å². The molecule has 0 atom stereocenters. The van der Waals surface area contributed by atoms with Crippen LogP contribution in [0.15, 0.2) is 164 Å². The number of benzene rings is 7. The average molecular weight is 600 g/mol. The van der Waals surface area contributed by atoms with Crippen molar-refractivity contribution in [3.05, 3.63) is 197 Å². The number of hydrogen-bond donors (Lipinski definition) is 0. The summed E-state index contributed by atoms with van der Waals surface area (Å²) in [6.07, 6.45) is 0. The summed E-state index contributed by atoms with van der Waals surface area (Å²) < 4.78 is 0. The van der Waals surface area contributed by atoms with Crippen LogP contribution in [0.4, 0.5) is 17.1 Å². The smallest absolute Gasteiger partial charge is 0.0726 e. The zero-order valence-electron chi connectivity index (χ0n) is 26.5. The van der Waals surface area contributed by atoms with Gasteiger partial charge >= 0.3 is 0 Å². The summed E-state index contributed by atoms with van der Waals surface area (Å²) in [5.74, 6) is 0. The number of nitrogens with zero attached hydrogens (tertiary/aromatic N) is 1. The number of rotatable bonds is 2. The van der Waals surface area contributed by atoms with Crippen molar-refractivity contribution in [3.8, 4) is 33.4 Å². The minimum Gasteiger partial charge on any atom is -0.309 e. The van der Waals surface area contributed by atoms with Crippen LogP contribution in [0.1, 0.15) is 47.2 Å². The molecule has 0 amide bonds. The lowest BCUT2D eigenvalue weighted by molar-refractivity contribution is 0.632. The molecular weight excluding hydrogens is 567 g/mol. The van der Waals surface area contributed by atoms with E-state index in [2.05, 4.69) is 183 Å². The van der Waals surface area contributed by atoms with Crippen LogP contribution < -0.4 is 4.90 Å². The van der Waals surface area contributed by atoms with E-state index >= 15 is 0 Å². The maximum absolute atomic E-state index is 2.54. The molecule has 7 aromatic carbocycles. The lowest BCUT2D eigenvalue weighted by Gasteiger charge is -2.42. The molecule has 0 saturated carbocycles. The lowest BCUT2D eigenvalue weighted by atomic mass is 9.70. The molecule has 0 radical (unpaired) electrons. The highest BCUT2D eigenvalue weighted by Gasteiger charge is 2.53. The molecule has 47 heavy (non-hydrogen) atoms. The van der Waals surface area contributed by atoms with E-state index in [4.69, 9.17) is 0 Å². The highest BCUT2D eigenvalue weighted by molar-refractivity contribution is 6.02. The SMILES string of the molecule is CC1(C)c2ccccc2N(c2cccc3c2-c2ccc(-c4ccccc4)cc2C32c3ccccc3-c3ccccc32)c2ccccc21. The fourth-order valence-electron chi connectivity index (χ4n) is 9.09. The van der Waals surface area contributed by atoms with Gasteiger partial charge in [-0.05, 0) is 85.5 Å². The van der Waals surface area contributed by atoms with E-state index in [-0.39, 0.29) is 5.41 Å². The number of fused-ring (bicyclic) bond motifs is 12. The second-order valence-corrected chi connectivity index (χ2v) is 13.7. The van der Waals surface area contributed by atoms with E-state index in [1.54, 1.807) is 0 Å². The zero-order valence-corrected chi connectivity index (χ0v) is 26.5. The van der Waals surface area contributed by atoms with Crippen LogP contribution in [0, 0.1) is 0 Å². The van der Waals surface area contributed by atoms with Gasteiger partial charge in [-0.3, -0.25) is 0 Å². The van der Waals surface area contributed by atoms with Gasteiger partial charge in [0.05, 0.1) is 22.5 Å². The van der Waals surface area contributed by atoms with Crippen molar-refractivity contribution in [2.24, 2.45) is 0 Å². The summed E-state index contributed by atoms with van der Waals surface area (Å²) in [6.45, 7) is 4.72. The molecule has 1 heteroatoms. The summed E-state index contributed by atoms with van der Waals surface area (Å²) in [6, 6.07) is 61.2. The molecule has 1 spiro atoms. The highest BCUT2D eigenvalue weighted by atomic mass is 15.2. The summed E-state index contributed by atoms with van der Waals surface area (Å²) in [4.78, 5) is 2.54. The Morgan fingerprint density at radius 1 is 0.362 bits per heavy atom. The van der Waals surface area contributed by atoms with Crippen molar-refractivity contribution in [2.45, 2.75) is 24.7 Å². The van der Waals surface area contributed by atoms with Crippen LogP contribution in [0.2, 0.25) is 0 Å². The van der Waals surface area contributed by atoms with Crippen molar-refractivity contribution in [3.63, 3.8) is 0 Å². The monoisotopic (exact) mass is 599 g/mol. The summed E-state index contributed by atoms with van der Waals surface area (Å²) >= 11 is 0. The van der Waals surface area contributed by atoms with Crippen molar-refractivity contribution >= 4 is 17.1 Å². The van der Waals surface area contributed by atoms with Crippen LogP contribution in [-0.4, -0.2) is 0 Å². The Labute approximate surface area is 276 Å². The van der Waals surface area contributed by atoms with E-state index < -0.39 is 5.41 Å². The molecule has 1 aliphatic heterocycles. The maximum Gasteiger partial charge on any atom is 0.0726 e. The molecule has 1 heterocycles. The standard InChI is InChI=1S/C46H33N/c1-45(2)37-21-10-12-24-41(37)47(42-25-13-11-22-38(42)45)43-26-14-23-39-44(43)34-28-27-31(30-15-4-3-5-16-30)29-40(34)46(39)35-19-8-6-17-32(35)33-18-7-9-20-36(33)46/h3-29H,1-2H3. The summed E-state index contributed by atoms with van der Waals surface area (Å²) in [5.41, 5.74) is 19.1. The molecule has 0 bridgehead atoms. The Kier molecular flexibility index (Phi) is 5.33. The second kappa shape index (κ2) is 9.44. The first-order valence-electron chi connectivity index (χ1n) is 16.6. The Hall–Kier alpha value is -5.66. The minimum absolute atomic E-state index is 0.116. The topological polar surface area (TPSA) is 3.24 Å². The third-order valence-corrected chi connectivity index (χ3v) is 11.1. The fourth-order valence-corrected chi connectivity index (χ4v) is 9.09. The van der Waals surface area contributed by atoms with Crippen LogP contribution >= 0.6 is 0 Å². The Morgan fingerprint density at radius 3 is 1.51 bits per heavy atom. The van der Waals surface area contributed by atoms with Crippen molar-refractivity contribution in [2.75, 3.05) is 4.90 Å². The van der Waals surface area contributed by atoms with Gasteiger partial charge in [0.25, 0.3) is 0 Å². The third kappa shape index (κ3) is 3.34. The van der Waals surface area contributed by atoms with Gasteiger partial charge in [0.2, 0.25) is 0 Å². The summed E-state index contributed by atoms with van der Waals surface area (Å²) in [5, 5.41) is 0. The highest BCUT2D eigenvalue weighted by Crippen LogP contribution is 2.65. The van der Waals surface area contributed by atoms with Crippen molar-refractivity contribution in [1.29, 1.82) is 0 Å². The van der Waals surface area contributed by atoms with Crippen molar-refractivity contribution in [1.82, 2.24) is 0 Å². The van der Waals surface area contributed by atoms with Gasteiger partial charge < -0.3 is 4.90 Å². The largest absolute Gasteiger partial charge is 0.309 e. The van der Waals surface area contributed by atoms with E-state index in [0.29, 0.717) is 0 Å². The average Bonchev–Trinajstić information content (AvgIpc) is 3.60. The molecule has 2 aliphatic carbocycles. The molecule has 3 aliphatic rings. The van der Waals surface area contributed by atoms with Gasteiger partial charge in [0.15, 0.2) is 0 Å². The molecule has 0 fully saturated rings. The molecule has 1 nitrogen and oxygen atoms in total. The first-order valence-corrected chi connectivity index (χ1v) is 16.6. The zero-order chi connectivity index (χ0) is 31.3. The number of hydrogen-bond acceptors (Lipinski definition) is 1. The molecule has 10 rings (SSSR count). The van der Waals surface area contributed by atoms with Gasteiger partial charge in [0, 0.05) is 11.0 Å².